The number of hydrogen-bond acceptors (Lipinski definition) is 6. The van der Waals surface area contributed by atoms with E-state index in [1.165, 1.54) is 0 Å². The Kier molecular flexibility index (Phi) is 4.50. The van der Waals surface area contributed by atoms with Gasteiger partial charge in [0.05, 0.1) is 0 Å². The number of rotatable bonds is 3. The molecule has 2 aromatic rings. The molecule has 9 nitrogen and oxygen atoms in total. The minimum Gasteiger partial charge on any atom is -0.370 e. The number of guanidine groups is 2. The SMILES string of the molecule is CN(C(N)=NC#N)c1cccc(-c2nsc(NC(=N)N)n2)c1. The largest absolute Gasteiger partial charge is 0.370 e. The van der Waals surface area contributed by atoms with Crippen molar-refractivity contribution in [3.05, 3.63) is 24.3 Å². The van der Waals surface area contributed by atoms with E-state index in [0.29, 0.717) is 11.0 Å². The Morgan fingerprint density at radius 2 is 2.27 bits per heavy atom. The third-order valence-corrected chi connectivity index (χ3v) is 3.30. The van der Waals surface area contributed by atoms with Gasteiger partial charge in [-0.15, -0.1) is 4.99 Å². The first-order chi connectivity index (χ1) is 10.5. The van der Waals surface area contributed by atoms with Crippen LogP contribution in [-0.4, -0.2) is 28.3 Å². The van der Waals surface area contributed by atoms with Crippen LogP contribution in [0.5, 0.6) is 0 Å². The third-order valence-electron chi connectivity index (χ3n) is 2.67. The molecule has 0 radical (unpaired) electrons. The van der Waals surface area contributed by atoms with Gasteiger partial charge in [0.2, 0.25) is 17.3 Å². The molecule has 112 valence electrons. The van der Waals surface area contributed by atoms with Gasteiger partial charge >= 0.3 is 0 Å². The van der Waals surface area contributed by atoms with Crippen molar-refractivity contribution in [1.82, 2.24) is 9.36 Å². The maximum absolute atomic E-state index is 8.54. The predicted octanol–water partition coefficient (Wildman–Crippen LogP) is 0.742. The molecule has 0 saturated heterocycles. The highest BCUT2D eigenvalue weighted by atomic mass is 32.1. The second-order valence-corrected chi connectivity index (χ2v) is 4.89. The summed E-state index contributed by atoms with van der Waals surface area (Å²) < 4.78 is 4.20. The summed E-state index contributed by atoms with van der Waals surface area (Å²) in [6.45, 7) is 0. The zero-order valence-corrected chi connectivity index (χ0v) is 12.4. The van der Waals surface area contributed by atoms with E-state index in [1.807, 2.05) is 24.3 Å². The van der Waals surface area contributed by atoms with Crippen molar-refractivity contribution in [3.63, 3.8) is 0 Å². The maximum Gasteiger partial charge on any atom is 0.211 e. The molecule has 0 spiro atoms. The van der Waals surface area contributed by atoms with Gasteiger partial charge in [0, 0.05) is 29.8 Å². The van der Waals surface area contributed by atoms with Crippen LogP contribution in [0, 0.1) is 16.9 Å². The number of nitriles is 1. The molecule has 1 heterocycles. The molecule has 2 rings (SSSR count). The van der Waals surface area contributed by atoms with E-state index in [9.17, 15) is 0 Å². The van der Waals surface area contributed by atoms with Crippen molar-refractivity contribution in [2.45, 2.75) is 0 Å². The Bertz CT molecular complexity index is 758. The Hall–Kier alpha value is -3.19. The fraction of sp³-hybridized carbons (Fsp3) is 0.0833. The molecule has 6 N–H and O–H groups in total. The molecule has 0 aliphatic carbocycles. The Balaban J connectivity index is 2.29. The van der Waals surface area contributed by atoms with Crippen molar-refractivity contribution in [3.8, 4) is 17.6 Å². The lowest BCUT2D eigenvalue weighted by Crippen LogP contribution is -2.33. The lowest BCUT2D eigenvalue weighted by Gasteiger charge is -2.17. The fourth-order valence-corrected chi connectivity index (χ4v) is 2.22. The maximum atomic E-state index is 8.54. The molecule has 0 saturated carbocycles. The number of benzene rings is 1. The smallest absolute Gasteiger partial charge is 0.211 e. The summed E-state index contributed by atoms with van der Waals surface area (Å²) in [6.07, 6.45) is 1.64. The molecular formula is C12H13N9S. The van der Waals surface area contributed by atoms with Crippen LogP contribution in [0.15, 0.2) is 29.3 Å². The van der Waals surface area contributed by atoms with Gasteiger partial charge in [-0.2, -0.15) is 14.6 Å². The van der Waals surface area contributed by atoms with Crippen molar-refractivity contribution < 1.29 is 0 Å². The summed E-state index contributed by atoms with van der Waals surface area (Å²) in [4.78, 5) is 9.31. The number of anilines is 2. The zero-order valence-electron chi connectivity index (χ0n) is 11.6. The van der Waals surface area contributed by atoms with Crippen molar-refractivity contribution in [2.75, 3.05) is 17.3 Å². The third kappa shape index (κ3) is 3.47. The van der Waals surface area contributed by atoms with Crippen LogP contribution in [0.4, 0.5) is 10.8 Å². The molecule has 0 atom stereocenters. The zero-order chi connectivity index (χ0) is 16.1. The predicted molar refractivity (Wildman–Crippen MR) is 86.5 cm³/mol. The monoisotopic (exact) mass is 315 g/mol. The van der Waals surface area contributed by atoms with Gasteiger partial charge in [-0.05, 0) is 12.1 Å². The molecule has 0 fully saturated rings. The van der Waals surface area contributed by atoms with Crippen LogP contribution >= 0.6 is 11.5 Å². The van der Waals surface area contributed by atoms with E-state index in [4.69, 9.17) is 22.1 Å². The molecule has 1 aromatic heterocycles. The van der Waals surface area contributed by atoms with Gasteiger partial charge in [0.1, 0.15) is 0 Å². The first kappa shape index (κ1) is 15.2. The van der Waals surface area contributed by atoms with Crippen molar-refractivity contribution in [2.24, 2.45) is 16.5 Å². The molecule has 1 aromatic carbocycles. The number of nitrogens with zero attached hydrogens (tertiary/aromatic N) is 5. The van der Waals surface area contributed by atoms with E-state index in [1.54, 1.807) is 18.1 Å². The quantitative estimate of drug-likeness (QED) is 0.370. The number of nitrogens with one attached hydrogen (secondary N) is 2. The normalized spacial score (nSPS) is 10.8. The molecule has 10 heteroatoms. The van der Waals surface area contributed by atoms with Crippen LogP contribution in [0.3, 0.4) is 0 Å². The first-order valence-corrected chi connectivity index (χ1v) is 6.79. The fourth-order valence-electron chi connectivity index (χ4n) is 1.62. The lowest BCUT2D eigenvalue weighted by atomic mass is 10.2. The highest BCUT2D eigenvalue weighted by Crippen LogP contribution is 2.24. The van der Waals surface area contributed by atoms with Gasteiger partial charge in [-0.1, -0.05) is 12.1 Å². The molecular weight excluding hydrogens is 302 g/mol. The van der Waals surface area contributed by atoms with E-state index < -0.39 is 0 Å². The molecule has 0 aliphatic rings. The summed E-state index contributed by atoms with van der Waals surface area (Å²) in [5.41, 5.74) is 12.4. The summed E-state index contributed by atoms with van der Waals surface area (Å²) in [6, 6.07) is 7.30. The van der Waals surface area contributed by atoms with Gasteiger partial charge < -0.3 is 21.7 Å². The van der Waals surface area contributed by atoms with E-state index in [0.717, 1.165) is 22.8 Å². The summed E-state index contributed by atoms with van der Waals surface area (Å²) in [5.74, 6) is 0.390. The lowest BCUT2D eigenvalue weighted by molar-refractivity contribution is 1.21. The Morgan fingerprint density at radius 1 is 1.50 bits per heavy atom. The van der Waals surface area contributed by atoms with E-state index in [-0.39, 0.29) is 11.9 Å². The molecule has 0 amide bonds. The van der Waals surface area contributed by atoms with Gasteiger partial charge in [-0.3, -0.25) is 5.41 Å². The molecule has 22 heavy (non-hydrogen) atoms. The highest BCUT2D eigenvalue weighted by Gasteiger charge is 2.10. The molecule has 0 bridgehead atoms. The van der Waals surface area contributed by atoms with Crippen LogP contribution < -0.4 is 21.7 Å². The van der Waals surface area contributed by atoms with Crippen molar-refractivity contribution in [1.29, 1.82) is 10.7 Å². The Labute approximate surface area is 130 Å². The van der Waals surface area contributed by atoms with E-state index in [2.05, 4.69) is 19.7 Å². The first-order valence-electron chi connectivity index (χ1n) is 6.02. The van der Waals surface area contributed by atoms with Crippen LogP contribution in [-0.2, 0) is 0 Å². The summed E-state index contributed by atoms with van der Waals surface area (Å²) >= 11 is 1.10. The summed E-state index contributed by atoms with van der Waals surface area (Å²) in [7, 11) is 1.70. The van der Waals surface area contributed by atoms with Gasteiger partial charge in [-0.25, -0.2) is 0 Å². The minimum atomic E-state index is -0.198. The van der Waals surface area contributed by atoms with Gasteiger partial charge in [0.15, 0.2) is 11.8 Å². The van der Waals surface area contributed by atoms with Gasteiger partial charge in [0.25, 0.3) is 0 Å². The van der Waals surface area contributed by atoms with E-state index >= 15 is 0 Å². The highest BCUT2D eigenvalue weighted by molar-refractivity contribution is 7.10. The average Bonchev–Trinajstić information content (AvgIpc) is 2.94. The topological polar surface area (TPSA) is 153 Å². The Morgan fingerprint density at radius 3 is 2.95 bits per heavy atom. The van der Waals surface area contributed by atoms with Crippen molar-refractivity contribution >= 4 is 34.3 Å². The number of aliphatic imine (C=N–C) groups is 1. The molecule has 0 unspecified atom stereocenters. The van der Waals surface area contributed by atoms with Crippen LogP contribution in [0.2, 0.25) is 0 Å². The molecule has 0 aliphatic heterocycles. The van der Waals surface area contributed by atoms with Crippen LogP contribution in [0.25, 0.3) is 11.4 Å². The average molecular weight is 315 g/mol. The number of hydrogen-bond donors (Lipinski definition) is 4. The standard InChI is InChI=1S/C12H13N9S/c1-21(11(16)17-6-13)8-4-2-3-7(5-8)9-18-12(22-20-9)19-10(14)15/h2-5H,1H3,(H2,16,17)(H4,14,15,18,19,20). The summed E-state index contributed by atoms with van der Waals surface area (Å²) in [5, 5.41) is 18.7. The van der Waals surface area contributed by atoms with Crippen LogP contribution in [0.1, 0.15) is 0 Å². The second kappa shape index (κ2) is 6.51. The number of aromatic nitrogens is 2. The minimum absolute atomic E-state index is 0.0878. The number of nitrogens with two attached hydrogens (primary N) is 2. The second-order valence-electron chi connectivity index (χ2n) is 4.14.